The fourth-order valence-electron chi connectivity index (χ4n) is 3.09. The zero-order valence-electron chi connectivity index (χ0n) is 12.2. The fourth-order valence-corrected chi connectivity index (χ4v) is 3.09. The number of nitrogens with zero attached hydrogens (tertiary/aromatic N) is 1. The first kappa shape index (κ1) is 15.3. The molecule has 0 radical (unpaired) electrons. The van der Waals surface area contributed by atoms with E-state index in [9.17, 15) is 18.0 Å². The second kappa shape index (κ2) is 5.91. The van der Waals surface area contributed by atoms with Crippen molar-refractivity contribution in [3.05, 3.63) is 35.4 Å². The molecule has 1 unspecified atom stereocenters. The summed E-state index contributed by atoms with van der Waals surface area (Å²) in [5.41, 5.74) is -0.495. The SMILES string of the molecule is O=C1CC(NC2CCC2)CN1Cc1ccccc1C(F)(F)F. The summed E-state index contributed by atoms with van der Waals surface area (Å²) in [5, 5.41) is 3.42. The van der Waals surface area contributed by atoms with E-state index < -0.39 is 11.7 Å². The van der Waals surface area contributed by atoms with Crippen LogP contribution < -0.4 is 5.32 Å². The number of benzene rings is 1. The van der Waals surface area contributed by atoms with Gasteiger partial charge in [-0.3, -0.25) is 4.79 Å². The average molecular weight is 312 g/mol. The Bertz CT molecular complexity index is 555. The van der Waals surface area contributed by atoms with E-state index in [4.69, 9.17) is 0 Å². The summed E-state index contributed by atoms with van der Waals surface area (Å²) in [6.45, 7) is 0.513. The molecule has 1 aliphatic heterocycles. The van der Waals surface area contributed by atoms with Crippen LogP contribution in [0.1, 0.15) is 36.8 Å². The summed E-state index contributed by atoms with van der Waals surface area (Å²) in [7, 11) is 0. The second-order valence-electron chi connectivity index (χ2n) is 6.12. The molecule has 1 aromatic carbocycles. The number of carbonyl (C=O) groups excluding carboxylic acids is 1. The van der Waals surface area contributed by atoms with E-state index in [0.29, 0.717) is 19.0 Å². The molecule has 6 heteroatoms. The van der Waals surface area contributed by atoms with Gasteiger partial charge in [0.15, 0.2) is 0 Å². The van der Waals surface area contributed by atoms with Crippen molar-refractivity contribution in [2.45, 2.75) is 50.5 Å². The van der Waals surface area contributed by atoms with Gasteiger partial charge in [0.25, 0.3) is 0 Å². The average Bonchev–Trinajstić information content (AvgIpc) is 2.74. The molecule has 1 aliphatic carbocycles. The number of carbonyl (C=O) groups is 1. The molecule has 0 bridgehead atoms. The summed E-state index contributed by atoms with van der Waals surface area (Å²) in [4.78, 5) is 13.6. The third-order valence-electron chi connectivity index (χ3n) is 4.48. The largest absolute Gasteiger partial charge is 0.416 e. The highest BCUT2D eigenvalue weighted by molar-refractivity contribution is 5.79. The molecule has 1 amide bonds. The van der Waals surface area contributed by atoms with E-state index in [0.717, 1.165) is 18.9 Å². The Morgan fingerprint density at radius 2 is 1.91 bits per heavy atom. The number of halogens is 3. The second-order valence-corrected chi connectivity index (χ2v) is 6.12. The molecule has 1 heterocycles. The monoisotopic (exact) mass is 312 g/mol. The molecular weight excluding hydrogens is 293 g/mol. The molecule has 3 nitrogen and oxygen atoms in total. The molecule has 0 aromatic heterocycles. The normalized spacial score (nSPS) is 23.0. The summed E-state index contributed by atoms with van der Waals surface area (Å²) in [6, 6.07) is 6.01. The third kappa shape index (κ3) is 3.27. The van der Waals surface area contributed by atoms with Crippen LogP contribution in [0.5, 0.6) is 0 Å². The van der Waals surface area contributed by atoms with Crippen molar-refractivity contribution in [3.8, 4) is 0 Å². The molecule has 22 heavy (non-hydrogen) atoms. The van der Waals surface area contributed by atoms with Crippen LogP contribution in [0.3, 0.4) is 0 Å². The lowest BCUT2D eigenvalue weighted by molar-refractivity contribution is -0.139. The first-order valence-electron chi connectivity index (χ1n) is 7.62. The molecule has 1 atom stereocenters. The van der Waals surface area contributed by atoms with Crippen LogP contribution >= 0.6 is 0 Å². The van der Waals surface area contributed by atoms with E-state index in [1.165, 1.54) is 23.5 Å². The maximum absolute atomic E-state index is 13.0. The molecule has 2 aliphatic rings. The molecule has 1 aromatic rings. The first-order chi connectivity index (χ1) is 10.4. The summed E-state index contributed by atoms with van der Waals surface area (Å²) in [6.07, 6.45) is -0.544. The molecule has 0 spiro atoms. The van der Waals surface area contributed by atoms with Gasteiger partial charge in [-0.25, -0.2) is 0 Å². The molecule has 1 saturated heterocycles. The molecule has 1 saturated carbocycles. The Balaban J connectivity index is 1.67. The topological polar surface area (TPSA) is 32.3 Å². The van der Waals surface area contributed by atoms with E-state index >= 15 is 0 Å². The number of rotatable bonds is 4. The van der Waals surface area contributed by atoms with E-state index in [2.05, 4.69) is 5.32 Å². The van der Waals surface area contributed by atoms with Gasteiger partial charge < -0.3 is 10.2 Å². The van der Waals surface area contributed by atoms with E-state index in [1.807, 2.05) is 0 Å². The maximum atomic E-state index is 13.0. The predicted octanol–water partition coefficient (Wildman–Crippen LogP) is 2.95. The highest BCUT2D eigenvalue weighted by atomic mass is 19.4. The van der Waals surface area contributed by atoms with Gasteiger partial charge in [0, 0.05) is 31.6 Å². The van der Waals surface area contributed by atoms with Crippen molar-refractivity contribution in [3.63, 3.8) is 0 Å². The maximum Gasteiger partial charge on any atom is 0.416 e. The Kier molecular flexibility index (Phi) is 4.12. The minimum absolute atomic E-state index is 0.0252. The number of hydrogen-bond acceptors (Lipinski definition) is 2. The van der Waals surface area contributed by atoms with Crippen LogP contribution in [0.25, 0.3) is 0 Å². The zero-order valence-corrected chi connectivity index (χ0v) is 12.2. The zero-order chi connectivity index (χ0) is 15.7. The Hall–Kier alpha value is -1.56. The van der Waals surface area contributed by atoms with Crippen molar-refractivity contribution in [1.82, 2.24) is 10.2 Å². The van der Waals surface area contributed by atoms with Crippen molar-refractivity contribution < 1.29 is 18.0 Å². The smallest absolute Gasteiger partial charge is 0.337 e. The standard InChI is InChI=1S/C16H19F3N2O/c17-16(18,19)14-7-2-1-4-11(14)9-21-10-13(8-15(21)22)20-12-5-3-6-12/h1-2,4,7,12-13,20H,3,5-6,8-10H2. The molecule has 120 valence electrons. The van der Waals surface area contributed by atoms with Gasteiger partial charge in [0.1, 0.15) is 0 Å². The molecule has 2 fully saturated rings. The molecule has 3 rings (SSSR count). The number of hydrogen-bond donors (Lipinski definition) is 1. The van der Waals surface area contributed by atoms with Crippen LogP contribution in [-0.4, -0.2) is 29.4 Å². The minimum Gasteiger partial charge on any atom is -0.337 e. The lowest BCUT2D eigenvalue weighted by Gasteiger charge is -2.29. The summed E-state index contributed by atoms with van der Waals surface area (Å²) < 4.78 is 39.0. The predicted molar refractivity (Wildman–Crippen MR) is 76.0 cm³/mol. The van der Waals surface area contributed by atoms with E-state index in [1.54, 1.807) is 6.07 Å². The van der Waals surface area contributed by atoms with Crippen molar-refractivity contribution >= 4 is 5.91 Å². The van der Waals surface area contributed by atoms with Gasteiger partial charge in [-0.15, -0.1) is 0 Å². The third-order valence-corrected chi connectivity index (χ3v) is 4.48. The van der Waals surface area contributed by atoms with Gasteiger partial charge in [0.05, 0.1) is 5.56 Å². The van der Waals surface area contributed by atoms with Gasteiger partial charge in [0.2, 0.25) is 5.91 Å². The highest BCUT2D eigenvalue weighted by Gasteiger charge is 2.36. The van der Waals surface area contributed by atoms with Crippen LogP contribution in [0.4, 0.5) is 13.2 Å². The van der Waals surface area contributed by atoms with Crippen LogP contribution in [0, 0.1) is 0 Å². The van der Waals surface area contributed by atoms with E-state index in [-0.39, 0.29) is 24.1 Å². The number of amides is 1. The Morgan fingerprint density at radius 3 is 2.55 bits per heavy atom. The van der Waals surface area contributed by atoms with Crippen molar-refractivity contribution in [1.29, 1.82) is 0 Å². The lowest BCUT2D eigenvalue weighted by atomic mass is 9.92. The number of likely N-dealkylation sites (tertiary alicyclic amines) is 1. The summed E-state index contributed by atoms with van der Waals surface area (Å²) >= 11 is 0. The fraction of sp³-hybridized carbons (Fsp3) is 0.562. The number of alkyl halides is 3. The lowest BCUT2D eigenvalue weighted by Crippen LogP contribution is -2.43. The summed E-state index contributed by atoms with van der Waals surface area (Å²) in [5.74, 6) is -0.0752. The van der Waals surface area contributed by atoms with Gasteiger partial charge in [-0.05, 0) is 24.5 Å². The quantitative estimate of drug-likeness (QED) is 0.927. The van der Waals surface area contributed by atoms with Crippen molar-refractivity contribution in [2.75, 3.05) is 6.54 Å². The first-order valence-corrected chi connectivity index (χ1v) is 7.62. The van der Waals surface area contributed by atoms with Crippen LogP contribution in [0.15, 0.2) is 24.3 Å². The Morgan fingerprint density at radius 1 is 1.18 bits per heavy atom. The van der Waals surface area contributed by atoms with Gasteiger partial charge in [-0.1, -0.05) is 24.6 Å². The minimum atomic E-state index is -4.39. The molecule has 1 N–H and O–H groups in total. The van der Waals surface area contributed by atoms with Crippen LogP contribution in [-0.2, 0) is 17.5 Å². The Labute approximate surface area is 127 Å². The highest BCUT2D eigenvalue weighted by Crippen LogP contribution is 2.33. The van der Waals surface area contributed by atoms with Crippen LogP contribution in [0.2, 0.25) is 0 Å². The number of nitrogens with one attached hydrogen (secondary N) is 1. The van der Waals surface area contributed by atoms with Gasteiger partial charge in [-0.2, -0.15) is 13.2 Å². The van der Waals surface area contributed by atoms with Crippen molar-refractivity contribution in [2.24, 2.45) is 0 Å². The molecular formula is C16H19F3N2O. The van der Waals surface area contributed by atoms with Gasteiger partial charge >= 0.3 is 6.18 Å².